The van der Waals surface area contributed by atoms with E-state index in [0.717, 1.165) is 50.9 Å². The minimum atomic E-state index is -0.204. The van der Waals surface area contributed by atoms with Gasteiger partial charge in [-0.3, -0.25) is 9.79 Å². The van der Waals surface area contributed by atoms with E-state index in [9.17, 15) is 4.79 Å². The molecule has 1 fully saturated rings. The maximum Gasteiger partial charge on any atom is 0.287 e. The molecule has 1 aromatic rings. The maximum atomic E-state index is 11.7. The number of aliphatic imine (C=N–C) groups is 1. The Morgan fingerprint density at radius 1 is 1.32 bits per heavy atom. The number of halogens is 1. The Morgan fingerprint density at radius 3 is 2.68 bits per heavy atom. The van der Waals surface area contributed by atoms with Crippen molar-refractivity contribution in [2.24, 2.45) is 10.9 Å². The third-order valence-corrected chi connectivity index (χ3v) is 4.23. The molecular formula is C17H29IN4O3. The van der Waals surface area contributed by atoms with Gasteiger partial charge in [-0.1, -0.05) is 0 Å². The predicted molar refractivity (Wildman–Crippen MR) is 109 cm³/mol. The lowest BCUT2D eigenvalue weighted by Gasteiger charge is -2.26. The summed E-state index contributed by atoms with van der Waals surface area (Å²) in [5.41, 5.74) is 0. The number of ether oxygens (including phenoxy) is 1. The van der Waals surface area contributed by atoms with Gasteiger partial charge in [0.15, 0.2) is 11.7 Å². The van der Waals surface area contributed by atoms with Crippen LogP contribution in [0.4, 0.5) is 0 Å². The Balaban J connectivity index is 0.00000312. The first-order chi connectivity index (χ1) is 11.7. The molecule has 142 valence electrons. The van der Waals surface area contributed by atoms with Crippen molar-refractivity contribution in [2.45, 2.75) is 19.3 Å². The van der Waals surface area contributed by atoms with Gasteiger partial charge in [-0.2, -0.15) is 0 Å². The van der Waals surface area contributed by atoms with Gasteiger partial charge in [0.1, 0.15) is 0 Å². The smallest absolute Gasteiger partial charge is 0.287 e. The van der Waals surface area contributed by atoms with E-state index in [0.29, 0.717) is 18.8 Å². The highest BCUT2D eigenvalue weighted by molar-refractivity contribution is 14.0. The van der Waals surface area contributed by atoms with Gasteiger partial charge in [0, 0.05) is 46.9 Å². The number of hydrogen-bond acceptors (Lipinski definition) is 4. The average molecular weight is 464 g/mol. The van der Waals surface area contributed by atoms with E-state index in [4.69, 9.17) is 9.15 Å². The lowest BCUT2D eigenvalue weighted by molar-refractivity contribution is 0.0625. The van der Waals surface area contributed by atoms with E-state index < -0.39 is 0 Å². The Hall–Kier alpha value is -1.29. The summed E-state index contributed by atoms with van der Waals surface area (Å²) in [7, 11) is 3.81. The SMILES string of the molecule is CN=C(NCCNC(=O)c1ccco1)N(C)CCC1CCOCC1.I. The van der Waals surface area contributed by atoms with Gasteiger partial charge < -0.3 is 24.7 Å². The van der Waals surface area contributed by atoms with E-state index in [2.05, 4.69) is 20.5 Å². The van der Waals surface area contributed by atoms with Crippen molar-refractivity contribution in [3.63, 3.8) is 0 Å². The molecule has 0 aliphatic carbocycles. The Labute approximate surface area is 166 Å². The van der Waals surface area contributed by atoms with Crippen LogP contribution >= 0.6 is 24.0 Å². The van der Waals surface area contributed by atoms with Gasteiger partial charge in [0.25, 0.3) is 5.91 Å². The Bertz CT molecular complexity index is 516. The molecule has 8 heteroatoms. The molecule has 25 heavy (non-hydrogen) atoms. The molecule has 1 amide bonds. The van der Waals surface area contributed by atoms with Crippen LogP contribution in [-0.4, -0.2) is 63.7 Å². The molecule has 0 bridgehead atoms. The number of carbonyl (C=O) groups excluding carboxylic acids is 1. The molecule has 0 spiro atoms. The lowest BCUT2D eigenvalue weighted by atomic mass is 9.96. The summed E-state index contributed by atoms with van der Waals surface area (Å²) < 4.78 is 10.4. The van der Waals surface area contributed by atoms with Crippen molar-refractivity contribution in [3.8, 4) is 0 Å². The fourth-order valence-corrected chi connectivity index (χ4v) is 2.75. The summed E-state index contributed by atoms with van der Waals surface area (Å²) in [6.07, 6.45) is 4.94. The van der Waals surface area contributed by atoms with Crippen molar-refractivity contribution >= 4 is 35.8 Å². The van der Waals surface area contributed by atoms with Crippen LogP contribution in [0.2, 0.25) is 0 Å². The van der Waals surface area contributed by atoms with Crippen molar-refractivity contribution in [3.05, 3.63) is 24.2 Å². The molecule has 0 saturated carbocycles. The molecule has 2 heterocycles. The van der Waals surface area contributed by atoms with E-state index in [1.54, 1.807) is 19.2 Å². The van der Waals surface area contributed by atoms with Crippen LogP contribution in [0.25, 0.3) is 0 Å². The second kappa shape index (κ2) is 12.1. The van der Waals surface area contributed by atoms with Crippen molar-refractivity contribution in [1.29, 1.82) is 0 Å². The number of furan rings is 1. The van der Waals surface area contributed by atoms with Crippen LogP contribution in [0.1, 0.15) is 29.8 Å². The monoisotopic (exact) mass is 464 g/mol. The zero-order valence-corrected chi connectivity index (χ0v) is 17.3. The van der Waals surface area contributed by atoms with E-state index in [-0.39, 0.29) is 29.9 Å². The Kier molecular flexibility index (Phi) is 10.6. The number of rotatable bonds is 7. The second-order valence-corrected chi connectivity index (χ2v) is 5.97. The van der Waals surface area contributed by atoms with Gasteiger partial charge in [-0.05, 0) is 37.3 Å². The number of guanidine groups is 1. The summed E-state index contributed by atoms with van der Waals surface area (Å²) in [6, 6.07) is 3.34. The number of hydrogen-bond donors (Lipinski definition) is 2. The van der Waals surface area contributed by atoms with Crippen LogP contribution in [0.3, 0.4) is 0 Å². The quantitative estimate of drug-likeness (QED) is 0.279. The molecule has 1 saturated heterocycles. The van der Waals surface area contributed by atoms with Crippen LogP contribution < -0.4 is 10.6 Å². The summed E-state index contributed by atoms with van der Waals surface area (Å²) >= 11 is 0. The molecule has 2 N–H and O–H groups in total. The standard InChI is InChI=1S/C17H28N4O3.HI/c1-18-17(21(2)10-5-14-6-12-23-13-7-14)20-9-8-19-16(22)15-4-3-11-24-15;/h3-4,11,14H,5-10,12-13H2,1-2H3,(H,18,20)(H,19,22);1H. The van der Waals surface area contributed by atoms with Crippen LogP contribution in [0.15, 0.2) is 27.8 Å². The number of nitrogens with one attached hydrogen (secondary N) is 2. The van der Waals surface area contributed by atoms with Gasteiger partial charge in [-0.15, -0.1) is 24.0 Å². The minimum absolute atomic E-state index is 0. The highest BCUT2D eigenvalue weighted by Gasteiger charge is 2.15. The molecule has 2 rings (SSSR count). The molecule has 1 aliphatic heterocycles. The lowest BCUT2D eigenvalue weighted by Crippen LogP contribution is -2.43. The fourth-order valence-electron chi connectivity index (χ4n) is 2.75. The molecule has 0 radical (unpaired) electrons. The van der Waals surface area contributed by atoms with Gasteiger partial charge >= 0.3 is 0 Å². The summed E-state index contributed by atoms with van der Waals surface area (Å²) in [5, 5.41) is 6.07. The van der Waals surface area contributed by atoms with E-state index in [1.807, 2.05) is 7.05 Å². The third kappa shape index (κ3) is 7.64. The maximum absolute atomic E-state index is 11.7. The number of carbonyl (C=O) groups is 1. The molecule has 0 unspecified atom stereocenters. The predicted octanol–water partition coefficient (Wildman–Crippen LogP) is 1.95. The van der Waals surface area contributed by atoms with Crippen LogP contribution in [0, 0.1) is 5.92 Å². The largest absolute Gasteiger partial charge is 0.459 e. The first kappa shape index (κ1) is 21.8. The zero-order chi connectivity index (χ0) is 17.2. The van der Waals surface area contributed by atoms with Crippen LogP contribution in [0.5, 0.6) is 0 Å². The number of amides is 1. The first-order valence-electron chi connectivity index (χ1n) is 8.52. The normalized spacial score (nSPS) is 15.4. The van der Waals surface area contributed by atoms with Gasteiger partial charge in [0.05, 0.1) is 6.26 Å². The second-order valence-electron chi connectivity index (χ2n) is 5.97. The van der Waals surface area contributed by atoms with Crippen molar-refractivity contribution in [1.82, 2.24) is 15.5 Å². The van der Waals surface area contributed by atoms with Crippen LogP contribution in [-0.2, 0) is 4.74 Å². The molecule has 7 nitrogen and oxygen atoms in total. The summed E-state index contributed by atoms with van der Waals surface area (Å²) in [5.74, 6) is 1.71. The third-order valence-electron chi connectivity index (χ3n) is 4.23. The molecule has 1 aliphatic rings. The molecule has 1 aromatic heterocycles. The highest BCUT2D eigenvalue weighted by atomic mass is 127. The molecule has 0 aromatic carbocycles. The minimum Gasteiger partial charge on any atom is -0.459 e. The van der Waals surface area contributed by atoms with Gasteiger partial charge in [0.2, 0.25) is 0 Å². The first-order valence-corrected chi connectivity index (χ1v) is 8.52. The van der Waals surface area contributed by atoms with E-state index in [1.165, 1.54) is 6.26 Å². The fraction of sp³-hybridized carbons (Fsp3) is 0.647. The molecule has 0 atom stereocenters. The van der Waals surface area contributed by atoms with E-state index >= 15 is 0 Å². The number of nitrogens with zero attached hydrogens (tertiary/aromatic N) is 2. The summed E-state index contributed by atoms with van der Waals surface area (Å²) in [4.78, 5) is 18.2. The summed E-state index contributed by atoms with van der Waals surface area (Å²) in [6.45, 7) is 3.85. The van der Waals surface area contributed by atoms with Gasteiger partial charge in [-0.25, -0.2) is 0 Å². The van der Waals surface area contributed by atoms with Crippen molar-refractivity contribution in [2.75, 3.05) is 46.9 Å². The molecular weight excluding hydrogens is 435 g/mol. The Morgan fingerprint density at radius 2 is 2.04 bits per heavy atom. The zero-order valence-electron chi connectivity index (χ0n) is 15.0. The topological polar surface area (TPSA) is 79.1 Å². The average Bonchev–Trinajstić information content (AvgIpc) is 3.15. The highest BCUT2D eigenvalue weighted by Crippen LogP contribution is 2.18. The van der Waals surface area contributed by atoms with Crippen molar-refractivity contribution < 1.29 is 13.9 Å².